The van der Waals surface area contributed by atoms with Crippen LogP contribution in [0.15, 0.2) is 48.5 Å². The zero-order valence-electron chi connectivity index (χ0n) is 13.1. The third kappa shape index (κ3) is 3.59. The van der Waals surface area contributed by atoms with Gasteiger partial charge in [-0.3, -0.25) is 4.79 Å². The molecule has 2 N–H and O–H groups in total. The van der Waals surface area contributed by atoms with Gasteiger partial charge >= 0.3 is 6.03 Å². The largest absolute Gasteiger partial charge is 0.331 e. The van der Waals surface area contributed by atoms with E-state index in [4.69, 9.17) is 0 Å². The molecule has 3 rings (SSSR count). The molecule has 4 heteroatoms. The molecule has 23 heavy (non-hydrogen) atoms. The molecule has 0 aliphatic heterocycles. The first-order valence-electron chi connectivity index (χ1n) is 7.90. The summed E-state index contributed by atoms with van der Waals surface area (Å²) in [7, 11) is 0. The number of nitrogens with one attached hydrogen (secondary N) is 2. The lowest BCUT2D eigenvalue weighted by Gasteiger charge is -2.26. The summed E-state index contributed by atoms with van der Waals surface area (Å²) >= 11 is 0. The van der Waals surface area contributed by atoms with Crippen LogP contribution in [-0.2, 0) is 6.42 Å². The summed E-state index contributed by atoms with van der Waals surface area (Å²) in [6, 6.07) is 15.0. The lowest BCUT2D eigenvalue weighted by molar-refractivity contribution is 0.101. The molecule has 0 saturated carbocycles. The molecule has 0 saturated heterocycles. The number of fused-ring (bicyclic) bond motifs is 1. The quantitative estimate of drug-likeness (QED) is 0.839. The Hall–Kier alpha value is -2.62. The van der Waals surface area contributed by atoms with Gasteiger partial charge in [0, 0.05) is 11.3 Å². The van der Waals surface area contributed by atoms with Crippen LogP contribution in [0.25, 0.3) is 0 Å². The van der Waals surface area contributed by atoms with Crippen LogP contribution in [0, 0.1) is 0 Å². The van der Waals surface area contributed by atoms with Gasteiger partial charge in [0.1, 0.15) is 0 Å². The summed E-state index contributed by atoms with van der Waals surface area (Å²) in [6.45, 7) is 1.52. The third-order valence-electron chi connectivity index (χ3n) is 4.22. The van der Waals surface area contributed by atoms with Gasteiger partial charge in [-0.2, -0.15) is 0 Å². The Morgan fingerprint density at radius 1 is 1.04 bits per heavy atom. The van der Waals surface area contributed by atoms with E-state index in [9.17, 15) is 9.59 Å². The fourth-order valence-corrected chi connectivity index (χ4v) is 3.02. The normalized spacial score (nSPS) is 16.3. The highest BCUT2D eigenvalue weighted by Crippen LogP contribution is 2.29. The standard InChI is InChI=1S/C19H20N2O2/c1-13(22)14-9-11-16(12-10-14)20-19(23)21-18-8-4-6-15-5-2-3-7-17(15)18/h2-3,5,7,9-12,18H,4,6,8H2,1H3,(H2,20,21,23)/t18-/m1/s1. The molecule has 1 atom stereocenters. The molecule has 118 valence electrons. The van der Waals surface area contributed by atoms with Crippen LogP contribution < -0.4 is 10.6 Å². The number of aryl methyl sites for hydroxylation is 1. The lowest BCUT2D eigenvalue weighted by Crippen LogP contribution is -2.34. The van der Waals surface area contributed by atoms with Gasteiger partial charge in [0.2, 0.25) is 0 Å². The highest BCUT2D eigenvalue weighted by atomic mass is 16.2. The monoisotopic (exact) mass is 308 g/mol. The maximum Gasteiger partial charge on any atom is 0.319 e. The SMILES string of the molecule is CC(=O)c1ccc(NC(=O)N[C@@H]2CCCc3ccccc32)cc1. The van der Waals surface area contributed by atoms with E-state index in [1.54, 1.807) is 24.3 Å². The van der Waals surface area contributed by atoms with Crippen LogP contribution >= 0.6 is 0 Å². The number of amides is 2. The van der Waals surface area contributed by atoms with E-state index in [1.165, 1.54) is 18.1 Å². The van der Waals surface area contributed by atoms with Gasteiger partial charge in [-0.15, -0.1) is 0 Å². The number of hydrogen-bond acceptors (Lipinski definition) is 2. The number of Topliss-reactive ketones (excluding diaryl/α,β-unsaturated/α-hetero) is 1. The second-order valence-corrected chi connectivity index (χ2v) is 5.88. The van der Waals surface area contributed by atoms with Crippen LogP contribution in [0.3, 0.4) is 0 Å². The van der Waals surface area contributed by atoms with Gasteiger partial charge in [0.05, 0.1) is 6.04 Å². The number of benzene rings is 2. The van der Waals surface area contributed by atoms with Crippen molar-refractivity contribution in [1.82, 2.24) is 5.32 Å². The van der Waals surface area contributed by atoms with Gasteiger partial charge < -0.3 is 10.6 Å². The van der Waals surface area contributed by atoms with E-state index < -0.39 is 0 Å². The predicted octanol–water partition coefficient (Wildman–Crippen LogP) is 4.09. The van der Waals surface area contributed by atoms with Crippen molar-refractivity contribution in [3.63, 3.8) is 0 Å². The molecular weight excluding hydrogens is 288 g/mol. The maximum atomic E-state index is 12.2. The summed E-state index contributed by atoms with van der Waals surface area (Å²) in [5.41, 5.74) is 3.84. The van der Waals surface area contributed by atoms with Crippen molar-refractivity contribution < 1.29 is 9.59 Å². The summed E-state index contributed by atoms with van der Waals surface area (Å²) < 4.78 is 0. The molecular formula is C19H20N2O2. The van der Waals surface area contributed by atoms with E-state index in [-0.39, 0.29) is 17.9 Å². The van der Waals surface area contributed by atoms with E-state index >= 15 is 0 Å². The molecule has 2 aromatic rings. The van der Waals surface area contributed by atoms with Gasteiger partial charge in [-0.1, -0.05) is 24.3 Å². The van der Waals surface area contributed by atoms with Crippen LogP contribution in [0.2, 0.25) is 0 Å². The number of ketones is 1. The van der Waals surface area contributed by atoms with Gasteiger partial charge in [0.15, 0.2) is 5.78 Å². The van der Waals surface area contributed by atoms with Crippen molar-refractivity contribution in [2.75, 3.05) is 5.32 Å². The summed E-state index contributed by atoms with van der Waals surface area (Å²) in [4.78, 5) is 23.5. The molecule has 0 fully saturated rings. The number of carbonyl (C=O) groups excluding carboxylic acids is 2. The molecule has 0 bridgehead atoms. The average Bonchev–Trinajstić information content (AvgIpc) is 2.55. The van der Waals surface area contributed by atoms with Crippen molar-refractivity contribution in [2.24, 2.45) is 0 Å². The predicted molar refractivity (Wildman–Crippen MR) is 90.7 cm³/mol. The van der Waals surface area contributed by atoms with E-state index in [2.05, 4.69) is 22.8 Å². The van der Waals surface area contributed by atoms with Gasteiger partial charge in [-0.25, -0.2) is 4.79 Å². The fraction of sp³-hybridized carbons (Fsp3) is 0.263. The summed E-state index contributed by atoms with van der Waals surface area (Å²) in [5, 5.41) is 5.87. The Kier molecular flexibility index (Phi) is 4.42. The minimum absolute atomic E-state index is 0.0137. The number of urea groups is 1. The minimum Gasteiger partial charge on any atom is -0.331 e. The first-order chi connectivity index (χ1) is 11.1. The van der Waals surface area contributed by atoms with E-state index in [0.29, 0.717) is 11.3 Å². The second-order valence-electron chi connectivity index (χ2n) is 5.88. The van der Waals surface area contributed by atoms with Gasteiger partial charge in [-0.05, 0) is 61.6 Å². The van der Waals surface area contributed by atoms with Gasteiger partial charge in [0.25, 0.3) is 0 Å². The van der Waals surface area contributed by atoms with Crippen molar-refractivity contribution in [3.8, 4) is 0 Å². The molecule has 1 aliphatic carbocycles. The van der Waals surface area contributed by atoms with Crippen LogP contribution in [-0.4, -0.2) is 11.8 Å². The third-order valence-corrected chi connectivity index (χ3v) is 4.22. The Morgan fingerprint density at radius 3 is 2.52 bits per heavy atom. The molecule has 0 radical (unpaired) electrons. The number of anilines is 1. The molecule has 1 aliphatic rings. The highest BCUT2D eigenvalue weighted by molar-refractivity contribution is 5.95. The topological polar surface area (TPSA) is 58.2 Å². The molecule has 0 aromatic heterocycles. The number of rotatable bonds is 3. The molecule has 0 heterocycles. The Balaban J connectivity index is 1.65. The van der Waals surface area contributed by atoms with Crippen molar-refractivity contribution in [3.05, 3.63) is 65.2 Å². The fourth-order valence-electron chi connectivity index (χ4n) is 3.02. The van der Waals surface area contributed by atoms with E-state index in [1.807, 2.05) is 12.1 Å². The molecule has 0 unspecified atom stereocenters. The van der Waals surface area contributed by atoms with E-state index in [0.717, 1.165) is 19.3 Å². The first-order valence-corrected chi connectivity index (χ1v) is 7.90. The number of carbonyl (C=O) groups is 2. The van der Waals surface area contributed by atoms with Crippen molar-refractivity contribution in [2.45, 2.75) is 32.2 Å². The summed E-state index contributed by atoms with van der Waals surface area (Å²) in [5.74, 6) is 0.0137. The zero-order chi connectivity index (χ0) is 16.2. The van der Waals surface area contributed by atoms with Crippen LogP contribution in [0.4, 0.5) is 10.5 Å². The smallest absolute Gasteiger partial charge is 0.319 e. The highest BCUT2D eigenvalue weighted by Gasteiger charge is 2.21. The Morgan fingerprint density at radius 2 is 1.78 bits per heavy atom. The maximum absolute atomic E-state index is 12.2. The molecule has 2 aromatic carbocycles. The lowest BCUT2D eigenvalue weighted by atomic mass is 9.88. The molecule has 0 spiro atoms. The second kappa shape index (κ2) is 6.65. The average molecular weight is 308 g/mol. The number of hydrogen-bond donors (Lipinski definition) is 2. The Bertz CT molecular complexity index is 722. The van der Waals surface area contributed by atoms with Crippen molar-refractivity contribution in [1.29, 1.82) is 0 Å². The zero-order valence-corrected chi connectivity index (χ0v) is 13.1. The van der Waals surface area contributed by atoms with Crippen LogP contribution in [0.1, 0.15) is 47.3 Å². The first kappa shape index (κ1) is 15.3. The molecule has 4 nitrogen and oxygen atoms in total. The van der Waals surface area contributed by atoms with Crippen molar-refractivity contribution >= 4 is 17.5 Å². The molecule has 2 amide bonds. The minimum atomic E-state index is -0.220. The van der Waals surface area contributed by atoms with Crippen LogP contribution in [0.5, 0.6) is 0 Å². The summed E-state index contributed by atoms with van der Waals surface area (Å²) in [6.07, 6.45) is 3.10. The Labute approximate surface area is 135 Å².